The topological polar surface area (TPSA) is 25.5 Å². The number of nitrogens with zero attached hydrogens (tertiary/aromatic N) is 1. The third-order valence-corrected chi connectivity index (χ3v) is 2.81. The number of benzene rings is 1. The monoisotopic (exact) mass is 259 g/mol. The first-order valence-electron chi connectivity index (χ1n) is 5.64. The summed E-state index contributed by atoms with van der Waals surface area (Å²) in [5, 5.41) is 1.15. The Kier molecular flexibility index (Phi) is 3.39. The number of rotatable bonds is 1. The molecule has 92 valence electrons. The highest BCUT2D eigenvalue weighted by Crippen LogP contribution is 2.30. The molecule has 0 radical (unpaired) electrons. The molecular formula is C15H14ClNO. The maximum absolute atomic E-state index is 5.68. The van der Waals surface area contributed by atoms with Crippen molar-refractivity contribution in [2.75, 3.05) is 0 Å². The molecular weight excluding hydrogens is 246 g/mol. The lowest BCUT2D eigenvalue weighted by Crippen LogP contribution is -1.82. The van der Waals surface area contributed by atoms with Gasteiger partial charge in [-0.25, -0.2) is 0 Å². The normalized spacial score (nSPS) is 12.1. The van der Waals surface area contributed by atoms with Crippen molar-refractivity contribution in [2.45, 2.75) is 13.8 Å². The van der Waals surface area contributed by atoms with Crippen molar-refractivity contribution in [1.29, 1.82) is 0 Å². The van der Waals surface area contributed by atoms with E-state index in [1.54, 1.807) is 6.26 Å². The smallest absolute Gasteiger partial charge is 0.142 e. The molecule has 1 aliphatic heterocycles. The first-order valence-corrected chi connectivity index (χ1v) is 5.64. The van der Waals surface area contributed by atoms with Crippen LogP contribution in [0.15, 0.2) is 39.6 Å². The highest BCUT2D eigenvalue weighted by Gasteiger charge is 2.12. The molecule has 0 unspecified atom stereocenters. The Bertz CT molecular complexity index is 673. The van der Waals surface area contributed by atoms with Crippen LogP contribution in [0.1, 0.15) is 30.5 Å². The minimum absolute atomic E-state index is 0. The maximum Gasteiger partial charge on any atom is 0.142 e. The number of hydrogen-bond donors (Lipinski definition) is 0. The minimum atomic E-state index is 0. The molecule has 0 saturated carbocycles. The maximum atomic E-state index is 5.68. The molecule has 3 heteroatoms. The molecule has 2 heterocycles. The first kappa shape index (κ1) is 12.7. The van der Waals surface area contributed by atoms with Crippen LogP contribution in [0.2, 0.25) is 0 Å². The van der Waals surface area contributed by atoms with Crippen LogP contribution in [0.25, 0.3) is 23.1 Å². The van der Waals surface area contributed by atoms with Crippen molar-refractivity contribution in [3.8, 4) is 0 Å². The van der Waals surface area contributed by atoms with E-state index in [4.69, 9.17) is 4.42 Å². The van der Waals surface area contributed by atoms with Gasteiger partial charge in [0.05, 0.1) is 0 Å². The third kappa shape index (κ3) is 2.00. The number of aliphatic imine (C=N–C) groups is 1. The molecule has 0 fully saturated rings. The number of halogens is 1. The summed E-state index contributed by atoms with van der Waals surface area (Å²) >= 11 is 0. The van der Waals surface area contributed by atoms with E-state index < -0.39 is 0 Å². The molecule has 0 amide bonds. The van der Waals surface area contributed by atoms with E-state index in [1.165, 1.54) is 5.57 Å². The van der Waals surface area contributed by atoms with Crippen molar-refractivity contribution in [3.05, 3.63) is 46.9 Å². The van der Waals surface area contributed by atoms with Gasteiger partial charge in [-0.3, -0.25) is 4.99 Å². The molecule has 2 aromatic rings. The molecule has 0 bridgehead atoms. The highest BCUT2D eigenvalue weighted by molar-refractivity contribution is 6.05. The average molecular weight is 260 g/mol. The second-order valence-corrected chi connectivity index (χ2v) is 4.45. The molecule has 3 rings (SSSR count). The number of allylic oxidation sites excluding steroid dienone is 1. The highest BCUT2D eigenvalue weighted by atomic mass is 35.5. The lowest BCUT2D eigenvalue weighted by molar-refractivity contribution is 0.614. The lowest BCUT2D eigenvalue weighted by Gasteiger charge is -2.01. The van der Waals surface area contributed by atoms with Crippen LogP contribution in [0, 0.1) is 0 Å². The summed E-state index contributed by atoms with van der Waals surface area (Å²) in [4.78, 5) is 4.19. The van der Waals surface area contributed by atoms with E-state index in [2.05, 4.69) is 37.0 Å². The summed E-state index contributed by atoms with van der Waals surface area (Å²) in [6, 6.07) is 4.20. The molecule has 0 atom stereocenters. The van der Waals surface area contributed by atoms with Crippen molar-refractivity contribution >= 4 is 41.7 Å². The van der Waals surface area contributed by atoms with Crippen LogP contribution >= 0.6 is 12.4 Å². The van der Waals surface area contributed by atoms with Gasteiger partial charge in [-0.1, -0.05) is 23.8 Å². The van der Waals surface area contributed by atoms with Crippen LogP contribution in [-0.4, -0.2) is 6.21 Å². The predicted octanol–water partition coefficient (Wildman–Crippen LogP) is 4.68. The zero-order chi connectivity index (χ0) is 11.8. The Morgan fingerprint density at radius 1 is 1.22 bits per heavy atom. The van der Waals surface area contributed by atoms with Gasteiger partial charge >= 0.3 is 0 Å². The Hall–Kier alpha value is -1.80. The van der Waals surface area contributed by atoms with Gasteiger partial charge in [0.25, 0.3) is 0 Å². The van der Waals surface area contributed by atoms with Crippen molar-refractivity contribution in [1.82, 2.24) is 0 Å². The molecule has 0 aliphatic carbocycles. The van der Waals surface area contributed by atoms with Gasteiger partial charge in [-0.2, -0.15) is 0 Å². The molecule has 0 saturated heterocycles. The van der Waals surface area contributed by atoms with Gasteiger partial charge in [0, 0.05) is 28.9 Å². The molecule has 0 N–H and O–H groups in total. The standard InChI is InChI=1S/C15H13NO.ClH/c1-10(2)7-12-4-3-11-5-6-16-8-13-9-17-15(12)14(11)13;/h3-9H,1-2H3;1H. The fraction of sp³-hybridized carbons (Fsp3) is 0.133. The average Bonchev–Trinajstić information content (AvgIpc) is 2.60. The van der Waals surface area contributed by atoms with E-state index in [1.807, 2.05) is 18.5 Å². The summed E-state index contributed by atoms with van der Waals surface area (Å²) in [6.07, 6.45) is 9.57. The van der Waals surface area contributed by atoms with Gasteiger partial charge in [-0.05, 0) is 25.5 Å². The number of hydrogen-bond acceptors (Lipinski definition) is 2. The van der Waals surface area contributed by atoms with Crippen molar-refractivity contribution in [2.24, 2.45) is 4.99 Å². The van der Waals surface area contributed by atoms with Gasteiger partial charge < -0.3 is 4.42 Å². The molecule has 1 aliphatic rings. The van der Waals surface area contributed by atoms with Crippen molar-refractivity contribution in [3.63, 3.8) is 0 Å². The fourth-order valence-electron chi connectivity index (χ4n) is 2.13. The Morgan fingerprint density at radius 3 is 2.83 bits per heavy atom. The fourth-order valence-corrected chi connectivity index (χ4v) is 2.13. The predicted molar refractivity (Wildman–Crippen MR) is 79.4 cm³/mol. The summed E-state index contributed by atoms with van der Waals surface area (Å²) in [5.74, 6) is 0. The van der Waals surface area contributed by atoms with Crippen LogP contribution in [-0.2, 0) is 0 Å². The van der Waals surface area contributed by atoms with Gasteiger partial charge in [0.2, 0.25) is 0 Å². The van der Waals surface area contributed by atoms with Crippen LogP contribution in [0.4, 0.5) is 0 Å². The summed E-state index contributed by atoms with van der Waals surface area (Å²) in [5.41, 5.74) is 5.53. The summed E-state index contributed by atoms with van der Waals surface area (Å²) in [7, 11) is 0. The van der Waals surface area contributed by atoms with Crippen molar-refractivity contribution < 1.29 is 4.42 Å². The first-order chi connectivity index (χ1) is 8.25. The van der Waals surface area contributed by atoms with E-state index in [-0.39, 0.29) is 12.4 Å². The molecule has 2 nitrogen and oxygen atoms in total. The van der Waals surface area contributed by atoms with Gasteiger partial charge in [0.1, 0.15) is 11.8 Å². The van der Waals surface area contributed by atoms with Gasteiger partial charge in [-0.15, -0.1) is 12.4 Å². The molecule has 18 heavy (non-hydrogen) atoms. The van der Waals surface area contributed by atoms with Crippen LogP contribution < -0.4 is 0 Å². The Morgan fingerprint density at radius 2 is 2.06 bits per heavy atom. The second kappa shape index (κ2) is 4.83. The SMILES string of the molecule is CC(C)=Cc1ccc2c3c(coc13)C=NC=C2.Cl. The van der Waals surface area contributed by atoms with E-state index in [0.717, 1.165) is 27.7 Å². The van der Waals surface area contributed by atoms with E-state index in [0.29, 0.717) is 0 Å². The molecule has 1 aromatic carbocycles. The quantitative estimate of drug-likeness (QED) is 0.730. The summed E-state index contributed by atoms with van der Waals surface area (Å²) < 4.78 is 5.68. The Labute approximate surface area is 112 Å². The molecule has 1 aromatic heterocycles. The van der Waals surface area contributed by atoms with Gasteiger partial charge in [0.15, 0.2) is 0 Å². The largest absolute Gasteiger partial charge is 0.463 e. The lowest BCUT2D eigenvalue weighted by atomic mass is 10.0. The minimum Gasteiger partial charge on any atom is -0.463 e. The number of furan rings is 1. The summed E-state index contributed by atoms with van der Waals surface area (Å²) in [6.45, 7) is 4.17. The van der Waals surface area contributed by atoms with E-state index in [9.17, 15) is 0 Å². The van der Waals surface area contributed by atoms with Crippen LogP contribution in [0.3, 0.4) is 0 Å². The third-order valence-electron chi connectivity index (χ3n) is 2.81. The van der Waals surface area contributed by atoms with Crippen LogP contribution in [0.5, 0.6) is 0 Å². The molecule has 0 spiro atoms. The zero-order valence-electron chi connectivity index (χ0n) is 10.3. The Balaban J connectivity index is 0.00000120. The van der Waals surface area contributed by atoms with E-state index >= 15 is 0 Å². The zero-order valence-corrected chi connectivity index (χ0v) is 11.1. The second-order valence-electron chi connectivity index (χ2n) is 4.45.